The SMILES string of the molecule is CNCCCn1cnc2c1ccc[n+]2CC1CS[C@@H]2[C@H](NC(=O)/C(=N\OCCF)C3=NC(N)SN3)CN2C1C(=O)O. The molecule has 0 radical (unpaired) electrons. The molecule has 6 N–H and O–H groups in total. The van der Waals surface area contributed by atoms with Crippen molar-refractivity contribution in [2.75, 3.05) is 39.2 Å². The summed E-state index contributed by atoms with van der Waals surface area (Å²) >= 11 is 2.72. The third-order valence-corrected chi connectivity index (χ3v) is 9.36. The van der Waals surface area contributed by atoms with Gasteiger partial charge in [-0.1, -0.05) is 5.16 Å². The number of nitrogens with one attached hydrogen (secondary N) is 3. The van der Waals surface area contributed by atoms with E-state index in [0.29, 0.717) is 18.8 Å². The number of amides is 1. The molecular formula is C24H34FN10O4S2+. The largest absolute Gasteiger partial charge is 0.480 e. The van der Waals surface area contributed by atoms with Crippen molar-refractivity contribution in [1.82, 2.24) is 29.8 Å². The van der Waals surface area contributed by atoms with Crippen molar-refractivity contribution >= 4 is 58.3 Å². The van der Waals surface area contributed by atoms with Crippen molar-refractivity contribution in [3.05, 3.63) is 24.7 Å². The van der Waals surface area contributed by atoms with Gasteiger partial charge in [-0.2, -0.15) is 0 Å². The maximum absolute atomic E-state index is 13.1. The van der Waals surface area contributed by atoms with Gasteiger partial charge in [0.05, 0.1) is 24.2 Å². The summed E-state index contributed by atoms with van der Waals surface area (Å²) in [5.74, 6) is -0.885. The van der Waals surface area contributed by atoms with Crippen LogP contribution in [0, 0.1) is 5.92 Å². The molecule has 0 aliphatic carbocycles. The molecule has 3 unspecified atom stereocenters. The number of carboxylic acid groups (broad SMARTS) is 1. The van der Waals surface area contributed by atoms with Gasteiger partial charge in [-0.3, -0.25) is 20.2 Å². The number of hydrogen-bond donors (Lipinski definition) is 5. The number of hydrogen-bond acceptors (Lipinski definition) is 12. The number of alkyl halides is 1. The van der Waals surface area contributed by atoms with E-state index in [9.17, 15) is 19.1 Å². The van der Waals surface area contributed by atoms with Crippen molar-refractivity contribution in [1.29, 1.82) is 0 Å². The van der Waals surface area contributed by atoms with Crippen LogP contribution in [0.15, 0.2) is 34.8 Å². The Labute approximate surface area is 244 Å². The monoisotopic (exact) mass is 609 g/mol. The van der Waals surface area contributed by atoms with Gasteiger partial charge in [0.15, 0.2) is 11.3 Å². The van der Waals surface area contributed by atoms with Gasteiger partial charge >= 0.3 is 11.6 Å². The third kappa shape index (κ3) is 6.43. The summed E-state index contributed by atoms with van der Waals surface area (Å²) in [4.78, 5) is 41.1. The fraction of sp³-hybridized carbons (Fsp3) is 0.583. The van der Waals surface area contributed by atoms with Crippen molar-refractivity contribution in [3.63, 3.8) is 0 Å². The van der Waals surface area contributed by atoms with E-state index < -0.39 is 30.1 Å². The molecule has 0 spiro atoms. The summed E-state index contributed by atoms with van der Waals surface area (Å²) in [5.41, 5.74) is 6.85. The van der Waals surface area contributed by atoms with E-state index >= 15 is 0 Å². The predicted octanol–water partition coefficient (Wildman–Crippen LogP) is -0.890. The molecule has 17 heteroatoms. The fourth-order valence-corrected chi connectivity index (χ4v) is 7.33. The number of pyridine rings is 1. The number of aromatic nitrogens is 3. The highest BCUT2D eigenvalue weighted by Gasteiger charge is 2.53. The molecule has 222 valence electrons. The second-order valence-electron chi connectivity index (χ2n) is 9.86. The fourth-order valence-electron chi connectivity index (χ4n) is 5.26. The number of imidazole rings is 1. The molecule has 2 saturated heterocycles. The number of nitrogens with two attached hydrogens (primary N) is 1. The highest BCUT2D eigenvalue weighted by Crippen LogP contribution is 2.40. The topological polar surface area (TPSA) is 175 Å². The number of carboxylic acids is 1. The van der Waals surface area contributed by atoms with E-state index in [-0.39, 0.29) is 35.5 Å². The summed E-state index contributed by atoms with van der Waals surface area (Å²) in [6, 6.07) is 2.97. The van der Waals surface area contributed by atoms with E-state index in [4.69, 9.17) is 10.6 Å². The first kappa shape index (κ1) is 29.5. The van der Waals surface area contributed by atoms with Crippen molar-refractivity contribution in [2.24, 2.45) is 21.8 Å². The van der Waals surface area contributed by atoms with Crippen LogP contribution >= 0.6 is 23.7 Å². The molecule has 2 aromatic heterocycles. The van der Waals surface area contributed by atoms with Gasteiger partial charge in [-0.25, -0.2) is 13.9 Å². The van der Waals surface area contributed by atoms with Gasteiger partial charge in [0, 0.05) is 24.8 Å². The minimum atomic E-state index is -0.896. The molecule has 3 aliphatic heterocycles. The lowest BCUT2D eigenvalue weighted by atomic mass is 9.93. The Kier molecular flexibility index (Phi) is 9.59. The number of nitrogens with zero attached hydrogens (tertiary/aromatic N) is 6. The maximum atomic E-state index is 13.1. The Hall–Kier alpha value is -2.99. The second-order valence-corrected chi connectivity index (χ2v) is 11.9. The lowest BCUT2D eigenvalue weighted by Gasteiger charge is -2.54. The molecule has 5 heterocycles. The number of rotatable bonds is 13. The Morgan fingerprint density at radius 3 is 3.02 bits per heavy atom. The van der Waals surface area contributed by atoms with Crippen LogP contribution in [0.2, 0.25) is 0 Å². The quantitative estimate of drug-likeness (QED) is 0.0626. The number of amidine groups is 1. The van der Waals surface area contributed by atoms with Gasteiger partial charge in [-0.15, -0.1) is 11.8 Å². The van der Waals surface area contributed by atoms with E-state index in [0.717, 1.165) is 42.6 Å². The number of carbonyl (C=O) groups is 2. The summed E-state index contributed by atoms with van der Waals surface area (Å²) < 4.78 is 19.5. The number of fused-ring (bicyclic) bond motifs is 2. The van der Waals surface area contributed by atoms with Gasteiger partial charge < -0.3 is 29.9 Å². The number of thioether (sulfide) groups is 1. The number of carbonyl (C=O) groups excluding carboxylic acids is 1. The second kappa shape index (κ2) is 13.3. The minimum absolute atomic E-state index is 0.138. The van der Waals surface area contributed by atoms with Crippen LogP contribution in [0.5, 0.6) is 0 Å². The van der Waals surface area contributed by atoms with E-state index in [1.165, 1.54) is 0 Å². The summed E-state index contributed by atoms with van der Waals surface area (Å²) in [7, 11) is 1.93. The Bertz CT molecular complexity index is 1330. The predicted molar refractivity (Wildman–Crippen MR) is 154 cm³/mol. The molecule has 0 bridgehead atoms. The number of oxime groups is 1. The first-order valence-corrected chi connectivity index (χ1v) is 15.2. The van der Waals surface area contributed by atoms with Crippen molar-refractivity contribution < 1.29 is 28.5 Å². The van der Waals surface area contributed by atoms with Crippen LogP contribution in [0.3, 0.4) is 0 Å². The lowest BCUT2D eigenvalue weighted by molar-refractivity contribution is -0.679. The van der Waals surface area contributed by atoms with Crippen LogP contribution in [0.1, 0.15) is 6.42 Å². The zero-order chi connectivity index (χ0) is 28.9. The Morgan fingerprint density at radius 1 is 1.44 bits per heavy atom. The van der Waals surface area contributed by atoms with Gasteiger partial charge in [0.25, 0.3) is 5.91 Å². The van der Waals surface area contributed by atoms with Gasteiger partial charge in [-0.05, 0) is 49.1 Å². The number of halogens is 1. The molecule has 1 amide bonds. The molecule has 5 atom stereocenters. The van der Waals surface area contributed by atoms with Crippen molar-refractivity contribution in [2.45, 2.75) is 42.5 Å². The first-order chi connectivity index (χ1) is 19.9. The number of aryl methyl sites for hydroxylation is 1. The average molecular weight is 610 g/mol. The van der Waals surface area contributed by atoms with Crippen LogP contribution in [0.25, 0.3) is 11.2 Å². The highest BCUT2D eigenvalue weighted by molar-refractivity contribution is 8.00. The molecule has 2 aromatic rings. The van der Waals surface area contributed by atoms with Crippen LogP contribution in [0.4, 0.5) is 4.39 Å². The molecule has 3 aliphatic rings. The lowest BCUT2D eigenvalue weighted by Crippen LogP contribution is -2.73. The summed E-state index contributed by atoms with van der Waals surface area (Å²) in [6.45, 7) is 1.55. The summed E-state index contributed by atoms with van der Waals surface area (Å²) in [6.07, 6.45) is 4.75. The molecular weight excluding hydrogens is 575 g/mol. The third-order valence-electron chi connectivity index (χ3n) is 7.14. The molecule has 0 saturated carbocycles. The minimum Gasteiger partial charge on any atom is -0.480 e. The smallest absolute Gasteiger partial charge is 0.348 e. The zero-order valence-corrected chi connectivity index (χ0v) is 24.1. The highest BCUT2D eigenvalue weighted by atomic mass is 32.2. The van der Waals surface area contributed by atoms with Crippen LogP contribution in [-0.2, 0) is 27.5 Å². The standard InChI is InChI=1S/C24H33FN10O4S2/c1-27-6-3-8-34-13-28-20-16(34)4-2-7-33(20)10-14-12-40-22-15(11-35(22)18(14)23(37)38)29-21(36)17(31-39-9-5-25)19-30-24(26)41-32-19/h2,4,7,13-15,18,22,24,27H,3,5-6,8-12,26H2,1H3,(H2-,29,30,32,36,37,38)/p+1/b31-17-/t14?,15-,18?,22-,24?/m1/s1. The first-order valence-electron chi connectivity index (χ1n) is 13.3. The van der Waals surface area contributed by atoms with Crippen LogP contribution in [-0.4, -0.2) is 105 Å². The Morgan fingerprint density at radius 2 is 2.29 bits per heavy atom. The molecule has 41 heavy (non-hydrogen) atoms. The zero-order valence-electron chi connectivity index (χ0n) is 22.5. The molecule has 5 rings (SSSR count). The molecule has 14 nitrogen and oxygen atoms in total. The van der Waals surface area contributed by atoms with E-state index in [2.05, 4.69) is 35.1 Å². The van der Waals surface area contributed by atoms with Gasteiger partial charge in [0.1, 0.15) is 24.8 Å². The number of aliphatic imine (C=N–C) groups is 1. The number of aliphatic carboxylic acids is 1. The van der Waals surface area contributed by atoms with Crippen LogP contribution < -0.4 is 25.7 Å². The molecule has 2 fully saturated rings. The van der Waals surface area contributed by atoms with E-state index in [1.54, 1.807) is 11.8 Å². The maximum Gasteiger partial charge on any atom is 0.348 e. The average Bonchev–Trinajstić information content (AvgIpc) is 3.56. The molecule has 0 aromatic carbocycles. The van der Waals surface area contributed by atoms with E-state index in [1.807, 2.05) is 41.2 Å². The Balaban J connectivity index is 1.25. The van der Waals surface area contributed by atoms with Gasteiger partial charge in [0.2, 0.25) is 12.0 Å². The van der Waals surface area contributed by atoms with Crippen molar-refractivity contribution in [3.8, 4) is 0 Å². The normalized spacial score (nSPS) is 26.2. The summed E-state index contributed by atoms with van der Waals surface area (Å²) in [5, 5.41) is 19.8.